The molecule has 2 nitrogen and oxygen atoms in total. The van der Waals surface area contributed by atoms with E-state index in [0.717, 1.165) is 12.8 Å². The molecular weight excluding hydrogens is 260 g/mol. The van der Waals surface area contributed by atoms with Gasteiger partial charge in [-0.2, -0.15) is 0 Å². The zero-order valence-corrected chi connectivity index (χ0v) is 13.2. The number of carbonyl (C=O) groups is 1. The van der Waals surface area contributed by atoms with Crippen molar-refractivity contribution in [3.05, 3.63) is 35.4 Å². The Labute approximate surface area is 128 Å². The molecule has 1 aliphatic rings. The summed E-state index contributed by atoms with van der Waals surface area (Å²) in [5, 5.41) is 9.71. The maximum atomic E-state index is 11.8. The molecule has 1 aromatic rings. The summed E-state index contributed by atoms with van der Waals surface area (Å²) in [4.78, 5) is 11.8. The first-order valence-electron chi connectivity index (χ1n) is 8.48. The van der Waals surface area contributed by atoms with Crippen LogP contribution in [0, 0.1) is 5.41 Å². The summed E-state index contributed by atoms with van der Waals surface area (Å²) in [6.45, 7) is 2.23. The van der Waals surface area contributed by atoms with Gasteiger partial charge in [0, 0.05) is 0 Å². The molecule has 0 fully saturated rings. The number of fused-ring (bicyclic) bond motifs is 1. The number of rotatable bonds is 9. The van der Waals surface area contributed by atoms with Gasteiger partial charge in [0.25, 0.3) is 0 Å². The molecule has 0 amide bonds. The quantitative estimate of drug-likeness (QED) is 0.649. The third kappa shape index (κ3) is 4.09. The summed E-state index contributed by atoms with van der Waals surface area (Å²) in [6.07, 6.45) is 11.0. The average Bonchev–Trinajstić information content (AvgIpc) is 2.86. The van der Waals surface area contributed by atoms with Crippen LogP contribution in [0.1, 0.15) is 69.4 Å². The molecule has 21 heavy (non-hydrogen) atoms. The van der Waals surface area contributed by atoms with Crippen LogP contribution in [0.3, 0.4) is 0 Å². The van der Waals surface area contributed by atoms with Crippen molar-refractivity contribution in [2.75, 3.05) is 0 Å². The van der Waals surface area contributed by atoms with Gasteiger partial charge in [-0.05, 0) is 30.4 Å². The Morgan fingerprint density at radius 3 is 2.05 bits per heavy atom. The third-order valence-electron chi connectivity index (χ3n) is 4.89. The van der Waals surface area contributed by atoms with E-state index >= 15 is 0 Å². The van der Waals surface area contributed by atoms with Gasteiger partial charge in [0.2, 0.25) is 0 Å². The largest absolute Gasteiger partial charge is 0.481 e. The highest BCUT2D eigenvalue weighted by Crippen LogP contribution is 2.41. The van der Waals surface area contributed by atoms with E-state index in [1.165, 1.54) is 49.7 Å². The normalized spacial score (nSPS) is 15.9. The van der Waals surface area contributed by atoms with Crippen molar-refractivity contribution in [2.24, 2.45) is 5.41 Å². The summed E-state index contributed by atoms with van der Waals surface area (Å²) in [6, 6.07) is 8.21. The number of carboxylic acids is 1. The van der Waals surface area contributed by atoms with Crippen LogP contribution in [-0.4, -0.2) is 11.1 Å². The second-order valence-electron chi connectivity index (χ2n) is 6.58. The third-order valence-corrected chi connectivity index (χ3v) is 4.89. The van der Waals surface area contributed by atoms with Crippen LogP contribution < -0.4 is 0 Å². The molecule has 1 aliphatic carbocycles. The van der Waals surface area contributed by atoms with Crippen molar-refractivity contribution >= 4 is 5.97 Å². The van der Waals surface area contributed by atoms with Gasteiger partial charge in [0.05, 0.1) is 5.41 Å². The lowest BCUT2D eigenvalue weighted by atomic mass is 9.79. The predicted molar refractivity (Wildman–Crippen MR) is 86.5 cm³/mol. The van der Waals surface area contributed by atoms with Gasteiger partial charge in [-0.1, -0.05) is 76.1 Å². The van der Waals surface area contributed by atoms with Crippen LogP contribution in [0.15, 0.2) is 24.3 Å². The van der Waals surface area contributed by atoms with Crippen molar-refractivity contribution in [1.29, 1.82) is 0 Å². The van der Waals surface area contributed by atoms with E-state index < -0.39 is 11.4 Å². The Hall–Kier alpha value is -1.31. The first-order valence-corrected chi connectivity index (χ1v) is 8.48. The first-order chi connectivity index (χ1) is 10.2. The van der Waals surface area contributed by atoms with Gasteiger partial charge in [-0.15, -0.1) is 0 Å². The number of carboxylic acid groups (broad SMARTS) is 1. The van der Waals surface area contributed by atoms with E-state index in [0.29, 0.717) is 12.8 Å². The molecule has 0 saturated carbocycles. The Bertz CT molecular complexity index is 439. The number of benzene rings is 1. The van der Waals surface area contributed by atoms with Crippen molar-refractivity contribution in [3.63, 3.8) is 0 Å². The number of hydrogen-bond donors (Lipinski definition) is 1. The summed E-state index contributed by atoms with van der Waals surface area (Å²) in [5.41, 5.74) is 1.94. The minimum absolute atomic E-state index is 0.535. The Kier molecular flexibility index (Phi) is 5.84. The molecule has 1 N–H and O–H groups in total. The molecule has 0 saturated heterocycles. The predicted octanol–water partition coefficient (Wildman–Crippen LogP) is 5.00. The molecule has 116 valence electrons. The maximum absolute atomic E-state index is 11.8. The van der Waals surface area contributed by atoms with Crippen molar-refractivity contribution in [3.8, 4) is 0 Å². The molecule has 0 spiro atoms. The fourth-order valence-electron chi connectivity index (χ4n) is 3.55. The smallest absolute Gasteiger partial charge is 0.310 e. The highest BCUT2D eigenvalue weighted by molar-refractivity contribution is 5.77. The highest BCUT2D eigenvalue weighted by Gasteiger charge is 2.43. The van der Waals surface area contributed by atoms with E-state index in [-0.39, 0.29) is 0 Å². The van der Waals surface area contributed by atoms with Gasteiger partial charge in [-0.25, -0.2) is 0 Å². The van der Waals surface area contributed by atoms with Gasteiger partial charge in [-0.3, -0.25) is 4.79 Å². The molecule has 0 heterocycles. The summed E-state index contributed by atoms with van der Waals surface area (Å²) >= 11 is 0. The molecule has 2 heteroatoms. The van der Waals surface area contributed by atoms with E-state index in [1.54, 1.807) is 0 Å². The van der Waals surface area contributed by atoms with Crippen LogP contribution in [-0.2, 0) is 17.6 Å². The lowest BCUT2D eigenvalue weighted by molar-refractivity contribution is -0.149. The summed E-state index contributed by atoms with van der Waals surface area (Å²) in [7, 11) is 0. The number of aliphatic carboxylic acids is 1. The van der Waals surface area contributed by atoms with E-state index in [9.17, 15) is 9.90 Å². The van der Waals surface area contributed by atoms with Gasteiger partial charge < -0.3 is 5.11 Å². The molecular formula is C19H28O2. The first kappa shape index (κ1) is 16.1. The molecule has 0 aromatic heterocycles. The van der Waals surface area contributed by atoms with Crippen LogP contribution in [0.5, 0.6) is 0 Å². The lowest BCUT2D eigenvalue weighted by Gasteiger charge is -2.23. The van der Waals surface area contributed by atoms with E-state index in [1.807, 2.05) is 12.1 Å². The Morgan fingerprint density at radius 1 is 1.00 bits per heavy atom. The van der Waals surface area contributed by atoms with Crippen LogP contribution >= 0.6 is 0 Å². The van der Waals surface area contributed by atoms with Crippen LogP contribution in [0.4, 0.5) is 0 Å². The average molecular weight is 288 g/mol. The standard InChI is InChI=1S/C19H28O2/c1-2-3-4-5-6-7-10-13-19(18(20)21)14-16-11-8-9-12-17(16)15-19/h8-9,11-12H,2-7,10,13-15H2,1H3,(H,20,21). The Morgan fingerprint density at radius 2 is 1.52 bits per heavy atom. The Balaban J connectivity index is 1.81. The molecule has 1 aromatic carbocycles. The highest BCUT2D eigenvalue weighted by atomic mass is 16.4. The van der Waals surface area contributed by atoms with E-state index in [2.05, 4.69) is 19.1 Å². The zero-order valence-electron chi connectivity index (χ0n) is 13.2. The zero-order chi connectivity index (χ0) is 15.1. The second-order valence-corrected chi connectivity index (χ2v) is 6.58. The summed E-state index contributed by atoms with van der Waals surface area (Å²) < 4.78 is 0. The number of hydrogen-bond acceptors (Lipinski definition) is 1. The second kappa shape index (κ2) is 7.63. The number of unbranched alkanes of at least 4 members (excludes halogenated alkanes) is 6. The monoisotopic (exact) mass is 288 g/mol. The topological polar surface area (TPSA) is 37.3 Å². The lowest BCUT2D eigenvalue weighted by Crippen LogP contribution is -2.31. The van der Waals surface area contributed by atoms with E-state index in [4.69, 9.17) is 0 Å². The fraction of sp³-hybridized carbons (Fsp3) is 0.632. The van der Waals surface area contributed by atoms with Gasteiger partial charge in [0.15, 0.2) is 0 Å². The van der Waals surface area contributed by atoms with Crippen LogP contribution in [0.25, 0.3) is 0 Å². The van der Waals surface area contributed by atoms with Crippen molar-refractivity contribution in [1.82, 2.24) is 0 Å². The SMILES string of the molecule is CCCCCCCCCC1(C(=O)O)Cc2ccccc2C1. The molecule has 0 bridgehead atoms. The van der Waals surface area contributed by atoms with Crippen LogP contribution in [0.2, 0.25) is 0 Å². The van der Waals surface area contributed by atoms with Crippen molar-refractivity contribution in [2.45, 2.75) is 71.1 Å². The molecule has 0 atom stereocenters. The molecule has 0 unspecified atom stereocenters. The summed E-state index contributed by atoms with van der Waals surface area (Å²) in [5.74, 6) is -0.607. The molecule has 0 radical (unpaired) electrons. The minimum atomic E-state index is -0.607. The molecule has 2 rings (SSSR count). The fourth-order valence-corrected chi connectivity index (χ4v) is 3.55. The molecule has 0 aliphatic heterocycles. The van der Waals surface area contributed by atoms with Crippen molar-refractivity contribution < 1.29 is 9.90 Å². The van der Waals surface area contributed by atoms with Gasteiger partial charge in [0.1, 0.15) is 0 Å². The minimum Gasteiger partial charge on any atom is -0.481 e. The van der Waals surface area contributed by atoms with Gasteiger partial charge >= 0.3 is 5.97 Å². The maximum Gasteiger partial charge on any atom is 0.310 e.